The van der Waals surface area contributed by atoms with Crippen LogP contribution in [0.4, 0.5) is 5.69 Å². The maximum Gasteiger partial charge on any atom is 0.227 e. The first-order valence-electron chi connectivity index (χ1n) is 9.48. The number of anilines is 1. The van der Waals surface area contributed by atoms with Crippen molar-refractivity contribution in [2.45, 2.75) is 39.7 Å². The number of nitrogens with one attached hydrogen (secondary N) is 2. The van der Waals surface area contributed by atoms with Gasteiger partial charge in [0.15, 0.2) is 5.96 Å². The second-order valence-electron chi connectivity index (χ2n) is 6.55. The summed E-state index contributed by atoms with van der Waals surface area (Å²) in [7, 11) is 0. The first-order chi connectivity index (χ1) is 13.2. The number of carbonyl (C=O) groups is 1. The molecule has 0 atom stereocenters. The number of rotatable bonds is 7. The van der Waals surface area contributed by atoms with E-state index in [4.69, 9.17) is 0 Å². The lowest BCUT2D eigenvalue weighted by Gasteiger charge is -2.15. The van der Waals surface area contributed by atoms with Gasteiger partial charge in [0.25, 0.3) is 0 Å². The predicted octanol–water partition coefficient (Wildman–Crippen LogP) is 3.49. The molecular formula is C20H28IN5OS. The van der Waals surface area contributed by atoms with Gasteiger partial charge in [-0.25, -0.2) is 9.98 Å². The molecule has 1 aromatic carbocycles. The van der Waals surface area contributed by atoms with E-state index >= 15 is 0 Å². The molecule has 2 N–H and O–H groups in total. The third-order valence-corrected chi connectivity index (χ3v) is 5.25. The van der Waals surface area contributed by atoms with Gasteiger partial charge in [0.2, 0.25) is 5.91 Å². The summed E-state index contributed by atoms with van der Waals surface area (Å²) in [5.41, 5.74) is 3.22. The molecule has 152 valence electrons. The topological polar surface area (TPSA) is 69.6 Å². The molecule has 1 aliphatic heterocycles. The summed E-state index contributed by atoms with van der Waals surface area (Å²) in [4.78, 5) is 22.8. The molecule has 1 saturated heterocycles. The maximum atomic E-state index is 11.8. The zero-order chi connectivity index (χ0) is 19.1. The number of hydrogen-bond donors (Lipinski definition) is 2. The Balaban J connectivity index is 0.00000280. The molecule has 1 fully saturated rings. The van der Waals surface area contributed by atoms with E-state index in [0.29, 0.717) is 13.0 Å². The Morgan fingerprint density at radius 3 is 2.68 bits per heavy atom. The Hall–Kier alpha value is -1.68. The van der Waals surface area contributed by atoms with Gasteiger partial charge >= 0.3 is 0 Å². The molecule has 1 aromatic heterocycles. The van der Waals surface area contributed by atoms with E-state index in [1.165, 1.54) is 0 Å². The van der Waals surface area contributed by atoms with Gasteiger partial charge in [-0.2, -0.15) is 0 Å². The van der Waals surface area contributed by atoms with Gasteiger partial charge in [-0.05, 0) is 38.0 Å². The number of aliphatic imine (C=N–C) groups is 1. The number of aromatic nitrogens is 1. The monoisotopic (exact) mass is 513 g/mol. The van der Waals surface area contributed by atoms with Crippen LogP contribution < -0.4 is 15.5 Å². The van der Waals surface area contributed by atoms with E-state index in [1.54, 1.807) is 11.3 Å². The Morgan fingerprint density at radius 1 is 1.29 bits per heavy atom. The highest BCUT2D eigenvalue weighted by Gasteiger charge is 2.21. The second-order valence-corrected chi connectivity index (χ2v) is 7.61. The fourth-order valence-corrected chi connectivity index (χ4v) is 3.69. The van der Waals surface area contributed by atoms with Gasteiger partial charge in [0.05, 0.1) is 17.2 Å². The zero-order valence-electron chi connectivity index (χ0n) is 16.4. The van der Waals surface area contributed by atoms with Gasteiger partial charge in [-0.3, -0.25) is 4.79 Å². The first kappa shape index (κ1) is 22.6. The van der Waals surface area contributed by atoms with E-state index in [9.17, 15) is 4.79 Å². The first-order valence-corrected chi connectivity index (χ1v) is 10.4. The molecule has 2 heterocycles. The number of thiazole rings is 1. The minimum atomic E-state index is 0. The van der Waals surface area contributed by atoms with E-state index in [0.717, 1.165) is 60.4 Å². The molecule has 0 unspecified atom stereocenters. The standard InChI is InChI=1S/C20H27N5OS.HI/c1-3-21-20(22-11-10-17-14-27-15(2)24-17)23-13-16-6-8-18(9-7-16)25-12-4-5-19(25)26;/h6-9,14H,3-5,10-13H2,1-2H3,(H2,21,22,23);1H. The average Bonchev–Trinajstić information content (AvgIpc) is 3.28. The van der Waals surface area contributed by atoms with Crippen molar-refractivity contribution >= 4 is 52.9 Å². The minimum Gasteiger partial charge on any atom is -0.357 e. The zero-order valence-corrected chi connectivity index (χ0v) is 19.5. The van der Waals surface area contributed by atoms with Gasteiger partial charge in [-0.15, -0.1) is 35.3 Å². The Labute approximate surface area is 187 Å². The third kappa shape index (κ3) is 6.44. The predicted molar refractivity (Wildman–Crippen MR) is 127 cm³/mol. The molecule has 0 radical (unpaired) electrons. The highest BCUT2D eigenvalue weighted by Crippen LogP contribution is 2.21. The Kier molecular flexibility index (Phi) is 9.17. The van der Waals surface area contributed by atoms with Crippen LogP contribution in [-0.4, -0.2) is 36.5 Å². The summed E-state index contributed by atoms with van der Waals surface area (Å²) in [5, 5.41) is 9.84. The van der Waals surface area contributed by atoms with E-state index in [-0.39, 0.29) is 29.9 Å². The number of halogens is 1. The summed E-state index contributed by atoms with van der Waals surface area (Å²) in [6, 6.07) is 8.12. The number of benzene rings is 1. The van der Waals surface area contributed by atoms with Crippen LogP contribution in [-0.2, 0) is 17.8 Å². The van der Waals surface area contributed by atoms with Crippen molar-refractivity contribution in [2.24, 2.45) is 4.99 Å². The summed E-state index contributed by atoms with van der Waals surface area (Å²) in [6.45, 7) is 7.12. The number of hydrogen-bond acceptors (Lipinski definition) is 4. The molecular weight excluding hydrogens is 485 g/mol. The molecule has 1 amide bonds. The maximum absolute atomic E-state index is 11.8. The van der Waals surface area contributed by atoms with Gasteiger partial charge < -0.3 is 15.5 Å². The van der Waals surface area contributed by atoms with Crippen LogP contribution in [0.1, 0.15) is 36.0 Å². The molecule has 1 aliphatic rings. The number of nitrogens with zero attached hydrogens (tertiary/aromatic N) is 3. The lowest BCUT2D eigenvalue weighted by molar-refractivity contribution is -0.117. The fourth-order valence-electron chi connectivity index (χ4n) is 3.05. The molecule has 3 rings (SSSR count). The molecule has 0 aliphatic carbocycles. The summed E-state index contributed by atoms with van der Waals surface area (Å²) in [5.74, 6) is 1.03. The van der Waals surface area contributed by atoms with Crippen LogP contribution in [0.25, 0.3) is 0 Å². The summed E-state index contributed by atoms with van der Waals surface area (Å²) >= 11 is 1.68. The quantitative estimate of drug-likeness (QED) is 0.338. The second kappa shape index (κ2) is 11.4. The summed E-state index contributed by atoms with van der Waals surface area (Å²) in [6.07, 6.45) is 2.49. The Bertz CT molecular complexity index is 790. The SMILES string of the molecule is CCNC(=NCc1ccc(N2CCCC2=O)cc1)NCCc1csc(C)n1.I. The smallest absolute Gasteiger partial charge is 0.227 e. The number of aryl methyl sites for hydroxylation is 1. The van der Waals surface area contributed by atoms with Crippen LogP contribution >= 0.6 is 35.3 Å². The van der Waals surface area contributed by atoms with Crippen molar-refractivity contribution in [1.82, 2.24) is 15.6 Å². The van der Waals surface area contributed by atoms with Crippen LogP contribution in [0.5, 0.6) is 0 Å². The van der Waals surface area contributed by atoms with Crippen LogP contribution in [0.2, 0.25) is 0 Å². The lowest BCUT2D eigenvalue weighted by Crippen LogP contribution is -2.38. The van der Waals surface area contributed by atoms with Crippen LogP contribution in [0.3, 0.4) is 0 Å². The normalized spacial score (nSPS) is 14.1. The molecule has 28 heavy (non-hydrogen) atoms. The van der Waals surface area contributed by atoms with Gasteiger partial charge in [0, 0.05) is 43.5 Å². The molecule has 0 spiro atoms. The van der Waals surface area contributed by atoms with Crippen molar-refractivity contribution in [3.05, 3.63) is 45.9 Å². The largest absolute Gasteiger partial charge is 0.357 e. The van der Waals surface area contributed by atoms with Crippen molar-refractivity contribution in [3.63, 3.8) is 0 Å². The lowest BCUT2D eigenvalue weighted by atomic mass is 10.2. The summed E-state index contributed by atoms with van der Waals surface area (Å²) < 4.78 is 0. The van der Waals surface area contributed by atoms with Crippen LogP contribution in [0, 0.1) is 6.92 Å². The van der Waals surface area contributed by atoms with Crippen molar-refractivity contribution in [3.8, 4) is 0 Å². The molecule has 2 aromatic rings. The number of carbonyl (C=O) groups excluding carboxylic acids is 1. The third-order valence-electron chi connectivity index (χ3n) is 4.43. The van der Waals surface area contributed by atoms with Crippen LogP contribution in [0.15, 0.2) is 34.6 Å². The van der Waals surface area contributed by atoms with E-state index in [2.05, 4.69) is 32.9 Å². The minimum absolute atomic E-state index is 0. The van der Waals surface area contributed by atoms with Crippen molar-refractivity contribution < 1.29 is 4.79 Å². The van der Waals surface area contributed by atoms with Gasteiger partial charge in [0.1, 0.15) is 0 Å². The highest BCUT2D eigenvalue weighted by atomic mass is 127. The molecule has 8 heteroatoms. The number of amides is 1. The van der Waals surface area contributed by atoms with Crippen molar-refractivity contribution in [1.29, 1.82) is 0 Å². The average molecular weight is 513 g/mol. The van der Waals surface area contributed by atoms with E-state index in [1.807, 2.05) is 36.1 Å². The van der Waals surface area contributed by atoms with Gasteiger partial charge in [-0.1, -0.05) is 12.1 Å². The fraction of sp³-hybridized carbons (Fsp3) is 0.450. The van der Waals surface area contributed by atoms with Crippen molar-refractivity contribution in [2.75, 3.05) is 24.5 Å². The molecule has 0 bridgehead atoms. The number of guanidine groups is 1. The molecule has 6 nitrogen and oxygen atoms in total. The highest BCUT2D eigenvalue weighted by molar-refractivity contribution is 14.0. The molecule has 0 saturated carbocycles. The Morgan fingerprint density at radius 2 is 2.07 bits per heavy atom. The van der Waals surface area contributed by atoms with E-state index < -0.39 is 0 Å².